The molecule has 3 aliphatic carbocycles. The summed E-state index contributed by atoms with van der Waals surface area (Å²) in [4.78, 5) is 44.7. The SMILES string of the molecule is CCN(CC)CCOC(=O)C(c1ccccc1)C1(O)CCCC1.CCN(CC)CCOC(=O)C(c1ccccc1)C1(O)CCCC1.CCN(CC)CCOC(=O)C(c1ccccc1)C1(O)CCCC1. The monoisotopic (exact) mass is 958 g/mol. The van der Waals surface area contributed by atoms with Crippen molar-refractivity contribution in [2.45, 2.75) is 153 Å². The second-order valence-corrected chi connectivity index (χ2v) is 19.0. The Balaban J connectivity index is 0.000000225. The van der Waals surface area contributed by atoms with Crippen LogP contribution in [0.1, 0.15) is 153 Å². The normalized spacial score (nSPS) is 18.1. The summed E-state index contributed by atoms with van der Waals surface area (Å²) in [6.07, 6.45) is 9.78. The molecule has 12 heteroatoms. The maximum Gasteiger partial charge on any atom is 0.316 e. The van der Waals surface area contributed by atoms with Gasteiger partial charge in [0.1, 0.15) is 37.6 Å². The molecule has 384 valence electrons. The minimum Gasteiger partial charge on any atom is -0.464 e. The molecule has 0 saturated heterocycles. The van der Waals surface area contributed by atoms with Gasteiger partial charge in [-0.1, -0.05) is 171 Å². The smallest absolute Gasteiger partial charge is 0.316 e. The van der Waals surface area contributed by atoms with Gasteiger partial charge >= 0.3 is 17.9 Å². The van der Waals surface area contributed by atoms with E-state index in [0.717, 1.165) is 114 Å². The maximum absolute atomic E-state index is 12.7. The molecule has 0 aliphatic heterocycles. The van der Waals surface area contributed by atoms with E-state index in [2.05, 4.69) is 56.2 Å². The van der Waals surface area contributed by atoms with Crippen LogP contribution in [0.3, 0.4) is 0 Å². The third-order valence-electron chi connectivity index (χ3n) is 14.8. The zero-order valence-electron chi connectivity index (χ0n) is 43.0. The number of benzene rings is 3. The molecule has 0 aromatic heterocycles. The molecule has 3 unspecified atom stereocenters. The van der Waals surface area contributed by atoms with Gasteiger partial charge < -0.3 is 44.2 Å². The minimum atomic E-state index is -0.965. The number of rotatable bonds is 24. The van der Waals surface area contributed by atoms with Gasteiger partial charge in [0.25, 0.3) is 0 Å². The molecule has 69 heavy (non-hydrogen) atoms. The lowest BCUT2D eigenvalue weighted by molar-refractivity contribution is -0.154. The lowest BCUT2D eigenvalue weighted by Crippen LogP contribution is -2.39. The highest BCUT2D eigenvalue weighted by molar-refractivity contribution is 5.81. The molecule has 3 N–H and O–H groups in total. The van der Waals surface area contributed by atoms with Crippen molar-refractivity contribution in [3.8, 4) is 0 Å². The largest absolute Gasteiger partial charge is 0.464 e. The Labute approximate surface area is 414 Å². The number of aliphatic hydroxyl groups is 3. The highest BCUT2D eigenvalue weighted by atomic mass is 16.5. The molecule has 0 spiro atoms. The summed E-state index contributed by atoms with van der Waals surface area (Å²) in [5.41, 5.74) is -0.339. The van der Waals surface area contributed by atoms with Gasteiger partial charge in [0.05, 0.1) is 16.8 Å². The third kappa shape index (κ3) is 17.3. The second kappa shape index (κ2) is 29.9. The number of esters is 3. The Morgan fingerprint density at radius 1 is 0.406 bits per heavy atom. The first-order chi connectivity index (χ1) is 33.3. The average Bonchev–Trinajstić information content (AvgIpc) is 4.14. The van der Waals surface area contributed by atoms with Crippen molar-refractivity contribution in [3.05, 3.63) is 108 Å². The molecular formula is C57H87N3O9. The maximum atomic E-state index is 12.7. The highest BCUT2D eigenvalue weighted by Crippen LogP contribution is 2.44. The van der Waals surface area contributed by atoms with Crippen molar-refractivity contribution < 1.29 is 43.9 Å². The van der Waals surface area contributed by atoms with E-state index < -0.39 is 34.6 Å². The summed E-state index contributed by atoms with van der Waals surface area (Å²) >= 11 is 0. The first-order valence-electron chi connectivity index (χ1n) is 26.3. The van der Waals surface area contributed by atoms with Crippen molar-refractivity contribution >= 4 is 17.9 Å². The zero-order chi connectivity index (χ0) is 50.1. The number of carbonyl (C=O) groups excluding carboxylic acids is 3. The van der Waals surface area contributed by atoms with Gasteiger partial charge in [-0.15, -0.1) is 0 Å². The Morgan fingerprint density at radius 3 is 0.797 bits per heavy atom. The van der Waals surface area contributed by atoms with Gasteiger partial charge in [0.15, 0.2) is 0 Å². The minimum absolute atomic E-state index is 0.298. The van der Waals surface area contributed by atoms with Gasteiger partial charge in [0, 0.05) is 19.6 Å². The predicted octanol–water partition coefficient (Wildman–Crippen LogP) is 8.88. The van der Waals surface area contributed by atoms with Crippen LogP contribution in [-0.4, -0.2) is 143 Å². The third-order valence-corrected chi connectivity index (χ3v) is 14.8. The topological polar surface area (TPSA) is 149 Å². The van der Waals surface area contributed by atoms with E-state index in [-0.39, 0.29) is 17.9 Å². The summed E-state index contributed by atoms with van der Waals surface area (Å²) in [6, 6.07) is 28.7. The molecule has 0 bridgehead atoms. The standard InChI is InChI=1S/3C19H29NO3/c3*1-3-20(4-2)14-15-23-18(21)17(16-10-6-5-7-11-16)19(22)12-8-9-13-19/h3*5-7,10-11,17,22H,3-4,8-9,12-15H2,1-2H3. The summed E-state index contributed by atoms with van der Waals surface area (Å²) in [5, 5.41) is 32.9. The molecule has 3 saturated carbocycles. The number of ether oxygens (including phenoxy) is 3. The van der Waals surface area contributed by atoms with E-state index in [0.29, 0.717) is 58.3 Å². The molecule has 3 aromatic rings. The van der Waals surface area contributed by atoms with Gasteiger partial charge in [-0.3, -0.25) is 14.4 Å². The van der Waals surface area contributed by atoms with Crippen LogP contribution in [0, 0.1) is 0 Å². The fourth-order valence-corrected chi connectivity index (χ4v) is 10.5. The number of nitrogens with zero attached hydrogens (tertiary/aromatic N) is 3. The van der Waals surface area contributed by atoms with Crippen LogP contribution < -0.4 is 0 Å². The molecule has 3 aliphatic rings. The van der Waals surface area contributed by atoms with Gasteiger partial charge in [-0.2, -0.15) is 0 Å². The molecule has 6 rings (SSSR count). The fourth-order valence-electron chi connectivity index (χ4n) is 10.5. The summed E-state index contributed by atoms with van der Waals surface area (Å²) < 4.78 is 16.6. The zero-order valence-corrected chi connectivity index (χ0v) is 43.0. The Hall–Kier alpha value is -4.17. The van der Waals surface area contributed by atoms with Gasteiger partial charge in [-0.05, 0) is 94.5 Å². The van der Waals surface area contributed by atoms with Crippen LogP contribution in [0.5, 0.6) is 0 Å². The van der Waals surface area contributed by atoms with Crippen LogP contribution >= 0.6 is 0 Å². The van der Waals surface area contributed by atoms with Crippen molar-refractivity contribution in [1.82, 2.24) is 14.7 Å². The molecule has 3 aromatic carbocycles. The van der Waals surface area contributed by atoms with Crippen molar-refractivity contribution in [2.75, 3.05) is 78.7 Å². The molecule has 0 radical (unpaired) electrons. The van der Waals surface area contributed by atoms with Crippen LogP contribution in [0.2, 0.25) is 0 Å². The fraction of sp³-hybridized carbons (Fsp3) is 0.632. The summed E-state index contributed by atoms with van der Waals surface area (Å²) in [6.45, 7) is 21.6. The first kappa shape index (κ1) is 57.4. The van der Waals surface area contributed by atoms with Gasteiger partial charge in [0.2, 0.25) is 0 Å². The van der Waals surface area contributed by atoms with Crippen molar-refractivity contribution in [3.63, 3.8) is 0 Å². The van der Waals surface area contributed by atoms with E-state index in [9.17, 15) is 29.7 Å². The van der Waals surface area contributed by atoms with Gasteiger partial charge in [-0.25, -0.2) is 0 Å². The number of hydrogen-bond donors (Lipinski definition) is 3. The lowest BCUT2D eigenvalue weighted by atomic mass is 9.81. The first-order valence-corrected chi connectivity index (χ1v) is 26.3. The Morgan fingerprint density at radius 2 is 0.609 bits per heavy atom. The van der Waals surface area contributed by atoms with E-state index in [1.54, 1.807) is 0 Å². The van der Waals surface area contributed by atoms with Crippen LogP contribution in [0.25, 0.3) is 0 Å². The highest BCUT2D eigenvalue weighted by Gasteiger charge is 2.47. The Kier molecular flexibility index (Phi) is 24.9. The molecule has 0 amide bonds. The lowest BCUT2D eigenvalue weighted by Gasteiger charge is -2.31. The van der Waals surface area contributed by atoms with Crippen molar-refractivity contribution in [1.29, 1.82) is 0 Å². The number of carbonyl (C=O) groups is 3. The summed E-state index contributed by atoms with van der Waals surface area (Å²) in [5.74, 6) is -2.64. The molecular weight excluding hydrogens is 871 g/mol. The molecule has 3 atom stereocenters. The molecule has 0 heterocycles. The van der Waals surface area contributed by atoms with Crippen molar-refractivity contribution in [2.24, 2.45) is 0 Å². The van der Waals surface area contributed by atoms with Crippen LogP contribution in [-0.2, 0) is 28.6 Å². The van der Waals surface area contributed by atoms with Crippen LogP contribution in [0.15, 0.2) is 91.0 Å². The summed E-state index contributed by atoms with van der Waals surface area (Å²) in [7, 11) is 0. The quantitative estimate of drug-likeness (QED) is 0.0582. The van der Waals surface area contributed by atoms with E-state index in [4.69, 9.17) is 14.2 Å². The molecule has 12 nitrogen and oxygen atoms in total. The van der Waals surface area contributed by atoms with E-state index >= 15 is 0 Å². The second-order valence-electron chi connectivity index (χ2n) is 19.0. The van der Waals surface area contributed by atoms with E-state index in [1.165, 1.54) is 0 Å². The predicted molar refractivity (Wildman–Crippen MR) is 274 cm³/mol. The number of likely N-dealkylation sites (N-methyl/N-ethyl adjacent to an activating group) is 3. The Bertz CT molecular complexity index is 1650. The van der Waals surface area contributed by atoms with Crippen LogP contribution in [0.4, 0.5) is 0 Å². The molecule has 3 fully saturated rings. The average molecular weight is 958 g/mol. The number of hydrogen-bond acceptors (Lipinski definition) is 12. The van der Waals surface area contributed by atoms with E-state index in [1.807, 2.05) is 91.0 Å².